The Hall–Kier alpha value is -1.09. The van der Waals surface area contributed by atoms with E-state index in [1.54, 1.807) is 0 Å². The van der Waals surface area contributed by atoms with Gasteiger partial charge in [0.25, 0.3) is 0 Å². The molecule has 1 aromatic heterocycles. The molecule has 0 amide bonds. The Bertz CT molecular complexity index is 435. The summed E-state index contributed by atoms with van der Waals surface area (Å²) in [4.78, 5) is 4.70. The molecule has 0 aliphatic carbocycles. The van der Waals surface area contributed by atoms with Crippen molar-refractivity contribution in [2.75, 3.05) is 0 Å². The number of ether oxygens (including phenoxy) is 1. The molecular formula is C18H32N2O. The van der Waals surface area contributed by atoms with Crippen molar-refractivity contribution in [2.24, 2.45) is 0 Å². The summed E-state index contributed by atoms with van der Waals surface area (Å²) in [6.07, 6.45) is 2.40. The van der Waals surface area contributed by atoms with Crippen molar-refractivity contribution in [1.82, 2.24) is 10.3 Å². The van der Waals surface area contributed by atoms with Crippen LogP contribution in [-0.2, 0) is 12.0 Å². The first-order valence-electron chi connectivity index (χ1n) is 8.13. The fraction of sp³-hybridized carbons (Fsp3) is 0.722. The van der Waals surface area contributed by atoms with Crippen molar-refractivity contribution in [3.05, 3.63) is 23.4 Å². The normalized spacial score (nSPS) is 13.5. The predicted molar refractivity (Wildman–Crippen MR) is 89.9 cm³/mol. The zero-order chi connectivity index (χ0) is 16.0. The zero-order valence-electron chi connectivity index (χ0n) is 14.8. The van der Waals surface area contributed by atoms with Gasteiger partial charge in [0.2, 0.25) is 5.88 Å². The predicted octanol–water partition coefficient (Wildman–Crippen LogP) is 4.44. The van der Waals surface area contributed by atoms with Crippen molar-refractivity contribution in [1.29, 1.82) is 0 Å². The number of hydrogen-bond acceptors (Lipinski definition) is 3. The number of nitrogens with zero attached hydrogens (tertiary/aromatic N) is 1. The fourth-order valence-electron chi connectivity index (χ4n) is 2.10. The third-order valence-electron chi connectivity index (χ3n) is 3.36. The van der Waals surface area contributed by atoms with Gasteiger partial charge in [0.05, 0.1) is 11.8 Å². The van der Waals surface area contributed by atoms with Gasteiger partial charge in [0, 0.05) is 24.1 Å². The Kier molecular flexibility index (Phi) is 6.66. The lowest BCUT2D eigenvalue weighted by atomic mass is 9.91. The maximum Gasteiger partial charge on any atom is 0.214 e. The standard InChI is InChI=1S/C18H32N2O/c1-8-9-14(4)21-17-11-15(12-19-13(2)3)10-16(20-17)18(5,6)7/h10-11,13-14,19H,8-9,12H2,1-7H3. The van der Waals surface area contributed by atoms with Crippen LogP contribution in [0.2, 0.25) is 0 Å². The molecule has 0 radical (unpaired) electrons. The molecule has 0 aliphatic heterocycles. The van der Waals surface area contributed by atoms with E-state index in [9.17, 15) is 0 Å². The Morgan fingerprint density at radius 2 is 1.86 bits per heavy atom. The van der Waals surface area contributed by atoms with Gasteiger partial charge >= 0.3 is 0 Å². The lowest BCUT2D eigenvalue weighted by Crippen LogP contribution is -2.23. The second-order valence-electron chi connectivity index (χ2n) is 7.20. The minimum atomic E-state index is 0.0277. The molecule has 0 aliphatic rings. The monoisotopic (exact) mass is 292 g/mol. The van der Waals surface area contributed by atoms with Crippen LogP contribution >= 0.6 is 0 Å². The van der Waals surface area contributed by atoms with Gasteiger partial charge in [-0.15, -0.1) is 0 Å². The Labute approximate surface area is 130 Å². The molecule has 1 unspecified atom stereocenters. The number of hydrogen-bond donors (Lipinski definition) is 1. The average molecular weight is 292 g/mol. The van der Waals surface area contributed by atoms with Gasteiger partial charge in [-0.05, 0) is 25.0 Å². The molecule has 3 nitrogen and oxygen atoms in total. The average Bonchev–Trinajstić information content (AvgIpc) is 2.35. The molecule has 0 spiro atoms. The minimum absolute atomic E-state index is 0.0277. The molecule has 0 bridgehead atoms. The second kappa shape index (κ2) is 7.79. The summed E-state index contributed by atoms with van der Waals surface area (Å²) in [6, 6.07) is 4.73. The third kappa shape index (κ3) is 6.47. The van der Waals surface area contributed by atoms with Crippen LogP contribution in [0.5, 0.6) is 5.88 Å². The molecule has 1 aromatic rings. The molecule has 0 fully saturated rings. The summed E-state index contributed by atoms with van der Waals surface area (Å²) in [5, 5.41) is 3.46. The fourth-order valence-corrected chi connectivity index (χ4v) is 2.10. The highest BCUT2D eigenvalue weighted by atomic mass is 16.5. The molecule has 0 aromatic carbocycles. The largest absolute Gasteiger partial charge is 0.475 e. The van der Waals surface area contributed by atoms with Gasteiger partial charge in [-0.3, -0.25) is 0 Å². The van der Waals surface area contributed by atoms with E-state index in [4.69, 9.17) is 9.72 Å². The van der Waals surface area contributed by atoms with E-state index in [0.29, 0.717) is 6.04 Å². The summed E-state index contributed by atoms with van der Waals surface area (Å²) in [5.74, 6) is 0.754. The van der Waals surface area contributed by atoms with E-state index in [-0.39, 0.29) is 11.5 Å². The first kappa shape index (κ1) is 18.0. The summed E-state index contributed by atoms with van der Waals surface area (Å²) in [7, 11) is 0. The van der Waals surface area contributed by atoms with Crippen molar-refractivity contribution < 1.29 is 4.74 Å². The highest BCUT2D eigenvalue weighted by Gasteiger charge is 2.18. The highest BCUT2D eigenvalue weighted by molar-refractivity contribution is 5.28. The van der Waals surface area contributed by atoms with E-state index < -0.39 is 0 Å². The number of rotatable bonds is 7. The van der Waals surface area contributed by atoms with Crippen LogP contribution in [0, 0.1) is 0 Å². The summed E-state index contributed by atoms with van der Waals surface area (Å²) in [6.45, 7) is 16.0. The summed E-state index contributed by atoms with van der Waals surface area (Å²) >= 11 is 0. The molecule has 3 heteroatoms. The summed E-state index contributed by atoms with van der Waals surface area (Å²) in [5.41, 5.74) is 2.35. The van der Waals surface area contributed by atoms with E-state index >= 15 is 0 Å². The Morgan fingerprint density at radius 1 is 1.19 bits per heavy atom. The molecule has 1 heterocycles. The first-order chi connectivity index (χ1) is 9.72. The second-order valence-corrected chi connectivity index (χ2v) is 7.20. The van der Waals surface area contributed by atoms with Crippen molar-refractivity contribution in [2.45, 2.75) is 85.4 Å². The Balaban J connectivity index is 2.97. The van der Waals surface area contributed by atoms with Crippen LogP contribution in [-0.4, -0.2) is 17.1 Å². The minimum Gasteiger partial charge on any atom is -0.475 e. The zero-order valence-corrected chi connectivity index (χ0v) is 14.8. The maximum absolute atomic E-state index is 6.00. The SMILES string of the molecule is CCCC(C)Oc1cc(CNC(C)C)cc(C(C)(C)C)n1. The van der Waals surface area contributed by atoms with E-state index in [1.165, 1.54) is 5.56 Å². The summed E-state index contributed by atoms with van der Waals surface area (Å²) < 4.78 is 6.00. The van der Waals surface area contributed by atoms with Crippen molar-refractivity contribution in [3.8, 4) is 5.88 Å². The van der Waals surface area contributed by atoms with E-state index in [1.807, 2.05) is 0 Å². The van der Waals surface area contributed by atoms with Gasteiger partial charge in [-0.2, -0.15) is 0 Å². The van der Waals surface area contributed by atoms with Crippen LogP contribution in [0.15, 0.2) is 12.1 Å². The van der Waals surface area contributed by atoms with Gasteiger partial charge in [0.15, 0.2) is 0 Å². The van der Waals surface area contributed by atoms with Crippen LogP contribution in [0.3, 0.4) is 0 Å². The van der Waals surface area contributed by atoms with Crippen molar-refractivity contribution >= 4 is 0 Å². The molecule has 0 saturated carbocycles. The van der Waals surface area contributed by atoms with Gasteiger partial charge in [-0.1, -0.05) is 48.0 Å². The third-order valence-corrected chi connectivity index (χ3v) is 3.36. The smallest absolute Gasteiger partial charge is 0.214 e. The van der Waals surface area contributed by atoms with E-state index in [0.717, 1.165) is 31.0 Å². The lowest BCUT2D eigenvalue weighted by Gasteiger charge is -2.22. The highest BCUT2D eigenvalue weighted by Crippen LogP contribution is 2.25. The Morgan fingerprint density at radius 3 is 2.38 bits per heavy atom. The molecule has 1 atom stereocenters. The lowest BCUT2D eigenvalue weighted by molar-refractivity contribution is 0.200. The van der Waals surface area contributed by atoms with Crippen molar-refractivity contribution in [3.63, 3.8) is 0 Å². The van der Waals surface area contributed by atoms with Crippen LogP contribution in [0.1, 0.15) is 72.6 Å². The van der Waals surface area contributed by atoms with Gasteiger partial charge in [0.1, 0.15) is 0 Å². The van der Waals surface area contributed by atoms with Gasteiger partial charge < -0.3 is 10.1 Å². The molecule has 1 rings (SSSR count). The molecule has 21 heavy (non-hydrogen) atoms. The van der Waals surface area contributed by atoms with Crippen LogP contribution in [0.4, 0.5) is 0 Å². The topological polar surface area (TPSA) is 34.1 Å². The molecule has 1 N–H and O–H groups in total. The first-order valence-corrected chi connectivity index (χ1v) is 8.13. The quantitative estimate of drug-likeness (QED) is 0.806. The maximum atomic E-state index is 6.00. The molecule has 0 saturated heterocycles. The number of aromatic nitrogens is 1. The number of pyridine rings is 1. The van der Waals surface area contributed by atoms with Gasteiger partial charge in [-0.25, -0.2) is 4.98 Å². The molecular weight excluding hydrogens is 260 g/mol. The van der Waals surface area contributed by atoms with Crippen LogP contribution in [0.25, 0.3) is 0 Å². The van der Waals surface area contributed by atoms with E-state index in [2.05, 4.69) is 65.9 Å². The number of nitrogens with one attached hydrogen (secondary N) is 1. The van der Waals surface area contributed by atoms with Crippen LogP contribution < -0.4 is 10.1 Å². The molecule has 120 valence electrons.